The second-order valence-electron chi connectivity index (χ2n) is 6.13. The van der Waals surface area contributed by atoms with Crippen molar-refractivity contribution in [3.05, 3.63) is 35.4 Å². The molecule has 2 rings (SSSR count). The maximum absolute atomic E-state index is 13.4. The van der Waals surface area contributed by atoms with Crippen molar-refractivity contribution >= 4 is 0 Å². The number of nitrogens with zero attached hydrogens (tertiary/aromatic N) is 1. The Morgan fingerprint density at radius 1 is 1.05 bits per heavy atom. The fourth-order valence-corrected chi connectivity index (χ4v) is 3.57. The molecule has 1 aromatic carbocycles. The number of nitrogens with two attached hydrogens (primary N) is 1. The van der Waals surface area contributed by atoms with Crippen LogP contribution in [0, 0.1) is 11.6 Å². The normalized spacial score (nSPS) is 18.7. The molecule has 0 bridgehead atoms. The van der Waals surface area contributed by atoms with Gasteiger partial charge in [0.25, 0.3) is 0 Å². The number of benzene rings is 1. The summed E-state index contributed by atoms with van der Waals surface area (Å²) in [4.78, 5) is 2.31. The van der Waals surface area contributed by atoms with Crippen LogP contribution in [0.4, 0.5) is 8.78 Å². The van der Waals surface area contributed by atoms with Crippen LogP contribution in [0.3, 0.4) is 0 Å². The van der Waals surface area contributed by atoms with Gasteiger partial charge in [0.2, 0.25) is 0 Å². The van der Waals surface area contributed by atoms with E-state index in [0.717, 1.165) is 25.5 Å². The summed E-state index contributed by atoms with van der Waals surface area (Å²) in [6, 6.07) is 3.77. The third-order valence-corrected chi connectivity index (χ3v) is 4.76. The first-order chi connectivity index (χ1) is 10.1. The molecule has 2 nitrogen and oxygen atoms in total. The van der Waals surface area contributed by atoms with E-state index >= 15 is 0 Å². The average molecular weight is 296 g/mol. The smallest absolute Gasteiger partial charge is 0.126 e. The topological polar surface area (TPSA) is 29.3 Å². The maximum atomic E-state index is 13.4. The molecule has 2 N–H and O–H groups in total. The first-order valence-corrected chi connectivity index (χ1v) is 8.00. The van der Waals surface area contributed by atoms with Gasteiger partial charge >= 0.3 is 0 Å². The quantitative estimate of drug-likeness (QED) is 0.837. The fourth-order valence-electron chi connectivity index (χ4n) is 3.57. The van der Waals surface area contributed by atoms with E-state index in [-0.39, 0.29) is 5.54 Å². The third-order valence-electron chi connectivity index (χ3n) is 4.76. The van der Waals surface area contributed by atoms with Crippen LogP contribution in [0.15, 0.2) is 18.2 Å². The zero-order valence-corrected chi connectivity index (χ0v) is 12.9. The van der Waals surface area contributed by atoms with Gasteiger partial charge in [-0.3, -0.25) is 4.90 Å². The molecular weight excluding hydrogens is 270 g/mol. The van der Waals surface area contributed by atoms with Crippen LogP contribution in [0.25, 0.3) is 0 Å². The standard InChI is InChI=1S/C17H26F2N2/c1-2-21(12-14-9-15(18)11-16(19)10-14)17(13-20)7-5-3-4-6-8-17/h9-11H,2-8,12-13,20H2,1H3. The molecule has 0 radical (unpaired) electrons. The van der Waals surface area contributed by atoms with Gasteiger partial charge in [-0.1, -0.05) is 32.6 Å². The Hall–Kier alpha value is -1.00. The lowest BCUT2D eigenvalue weighted by Gasteiger charge is -2.43. The Morgan fingerprint density at radius 2 is 1.62 bits per heavy atom. The highest BCUT2D eigenvalue weighted by Gasteiger charge is 2.34. The van der Waals surface area contributed by atoms with E-state index in [4.69, 9.17) is 5.73 Å². The van der Waals surface area contributed by atoms with Gasteiger partial charge in [0.05, 0.1) is 0 Å². The lowest BCUT2D eigenvalue weighted by atomic mass is 9.87. The van der Waals surface area contributed by atoms with Crippen LogP contribution in [0.2, 0.25) is 0 Å². The molecule has 0 aromatic heterocycles. The second kappa shape index (κ2) is 7.32. The minimum atomic E-state index is -0.510. The van der Waals surface area contributed by atoms with Gasteiger partial charge in [-0.05, 0) is 37.1 Å². The fraction of sp³-hybridized carbons (Fsp3) is 0.647. The molecule has 0 unspecified atom stereocenters. The molecule has 0 atom stereocenters. The Labute approximate surface area is 126 Å². The molecule has 4 heteroatoms. The Balaban J connectivity index is 2.20. The average Bonchev–Trinajstić information content (AvgIpc) is 2.70. The third kappa shape index (κ3) is 4.01. The van der Waals surface area contributed by atoms with E-state index in [9.17, 15) is 8.78 Å². The zero-order chi connectivity index (χ0) is 15.3. The molecule has 118 valence electrons. The molecule has 1 aromatic rings. The van der Waals surface area contributed by atoms with Crippen molar-refractivity contribution in [2.24, 2.45) is 5.73 Å². The van der Waals surface area contributed by atoms with Crippen molar-refractivity contribution in [3.8, 4) is 0 Å². The molecule has 1 saturated carbocycles. The van der Waals surface area contributed by atoms with E-state index in [1.807, 2.05) is 0 Å². The van der Waals surface area contributed by atoms with E-state index in [0.29, 0.717) is 18.7 Å². The first kappa shape index (κ1) is 16.4. The van der Waals surface area contributed by atoms with Crippen molar-refractivity contribution in [1.29, 1.82) is 0 Å². The summed E-state index contributed by atoms with van der Waals surface area (Å²) in [5, 5.41) is 0. The summed E-state index contributed by atoms with van der Waals surface area (Å²) in [5.74, 6) is -1.02. The van der Waals surface area contributed by atoms with Crippen molar-refractivity contribution in [1.82, 2.24) is 4.90 Å². The monoisotopic (exact) mass is 296 g/mol. The van der Waals surface area contributed by atoms with Crippen molar-refractivity contribution < 1.29 is 8.78 Å². The van der Waals surface area contributed by atoms with Crippen molar-refractivity contribution in [2.45, 2.75) is 57.5 Å². The van der Waals surface area contributed by atoms with E-state index in [1.54, 1.807) is 0 Å². The van der Waals surface area contributed by atoms with Gasteiger partial charge in [-0.2, -0.15) is 0 Å². The Morgan fingerprint density at radius 3 is 2.10 bits per heavy atom. The van der Waals surface area contributed by atoms with Gasteiger partial charge in [0.15, 0.2) is 0 Å². The van der Waals surface area contributed by atoms with E-state index in [2.05, 4.69) is 11.8 Å². The lowest BCUT2D eigenvalue weighted by molar-refractivity contribution is 0.0754. The predicted octanol–water partition coefficient (Wildman–Crippen LogP) is 3.84. The van der Waals surface area contributed by atoms with Crippen molar-refractivity contribution in [2.75, 3.05) is 13.1 Å². The van der Waals surface area contributed by atoms with E-state index < -0.39 is 11.6 Å². The van der Waals surface area contributed by atoms with Crippen molar-refractivity contribution in [3.63, 3.8) is 0 Å². The highest BCUT2D eigenvalue weighted by atomic mass is 19.1. The maximum Gasteiger partial charge on any atom is 0.126 e. The molecule has 0 spiro atoms. The summed E-state index contributed by atoms with van der Waals surface area (Å²) in [6.45, 7) is 4.11. The molecule has 0 amide bonds. The van der Waals surface area contributed by atoms with Gasteiger partial charge in [0, 0.05) is 24.7 Å². The van der Waals surface area contributed by atoms with Gasteiger partial charge in [-0.15, -0.1) is 0 Å². The number of hydrogen-bond acceptors (Lipinski definition) is 2. The summed E-state index contributed by atoms with van der Waals surface area (Å²) < 4.78 is 26.8. The predicted molar refractivity (Wildman–Crippen MR) is 81.9 cm³/mol. The zero-order valence-electron chi connectivity index (χ0n) is 12.9. The van der Waals surface area contributed by atoms with Crippen LogP contribution in [0.5, 0.6) is 0 Å². The molecule has 1 fully saturated rings. The summed E-state index contributed by atoms with van der Waals surface area (Å²) in [5.41, 5.74) is 6.77. The number of halogens is 2. The number of likely N-dealkylation sites (N-methyl/N-ethyl adjacent to an activating group) is 1. The SMILES string of the molecule is CCN(Cc1cc(F)cc(F)c1)C1(CN)CCCCCC1. The molecule has 0 saturated heterocycles. The number of hydrogen-bond donors (Lipinski definition) is 1. The molecule has 1 aliphatic rings. The molecule has 0 aliphatic heterocycles. The van der Waals surface area contributed by atoms with Crippen LogP contribution in [0.1, 0.15) is 51.0 Å². The minimum Gasteiger partial charge on any atom is -0.329 e. The molecular formula is C17H26F2N2. The van der Waals surface area contributed by atoms with Crippen LogP contribution < -0.4 is 5.73 Å². The second-order valence-corrected chi connectivity index (χ2v) is 6.13. The molecule has 21 heavy (non-hydrogen) atoms. The summed E-state index contributed by atoms with van der Waals surface area (Å²) in [6.07, 6.45) is 7.04. The highest BCUT2D eigenvalue weighted by Crippen LogP contribution is 2.33. The largest absolute Gasteiger partial charge is 0.329 e. The Bertz CT molecular complexity index is 434. The van der Waals surface area contributed by atoms with Crippen LogP contribution in [-0.4, -0.2) is 23.5 Å². The highest BCUT2D eigenvalue weighted by molar-refractivity contribution is 5.18. The summed E-state index contributed by atoms with van der Waals surface area (Å²) in [7, 11) is 0. The molecule has 1 aliphatic carbocycles. The van der Waals surface area contributed by atoms with E-state index in [1.165, 1.54) is 37.8 Å². The Kier molecular flexibility index (Phi) is 5.71. The van der Waals surface area contributed by atoms with Gasteiger partial charge < -0.3 is 5.73 Å². The lowest BCUT2D eigenvalue weighted by Crippen LogP contribution is -2.53. The van der Waals surface area contributed by atoms with Crippen LogP contribution in [-0.2, 0) is 6.54 Å². The minimum absolute atomic E-state index is 0.0198. The summed E-state index contributed by atoms with van der Waals surface area (Å²) >= 11 is 0. The van der Waals surface area contributed by atoms with Gasteiger partial charge in [0.1, 0.15) is 11.6 Å². The first-order valence-electron chi connectivity index (χ1n) is 8.00. The number of rotatable bonds is 5. The van der Waals surface area contributed by atoms with Gasteiger partial charge in [-0.25, -0.2) is 8.78 Å². The van der Waals surface area contributed by atoms with Crippen LogP contribution >= 0.6 is 0 Å². The molecule has 0 heterocycles.